The number of hydrogen-bond donors (Lipinski definition) is 4. The lowest BCUT2D eigenvalue weighted by Gasteiger charge is -2.08. The molecule has 0 bridgehead atoms. The molecule has 5 nitrogen and oxygen atoms in total. The molecule has 6 heteroatoms. The highest BCUT2D eigenvalue weighted by molar-refractivity contribution is 5.84. The number of alkyl halides is 1. The highest BCUT2D eigenvalue weighted by Crippen LogP contribution is 1.95. The predicted molar refractivity (Wildman–Crippen MR) is 48.1 cm³/mol. The highest BCUT2D eigenvalue weighted by Gasteiger charge is 2.11. The summed E-state index contributed by atoms with van der Waals surface area (Å²) >= 11 is 0. The van der Waals surface area contributed by atoms with Crippen LogP contribution in [0, 0.1) is 5.41 Å². The lowest BCUT2D eigenvalue weighted by Crippen LogP contribution is -2.34. The Kier molecular flexibility index (Phi) is 5.79. The van der Waals surface area contributed by atoms with Crippen LogP contribution in [-0.2, 0) is 4.79 Å². The monoisotopic (exact) mass is 190 g/mol. The van der Waals surface area contributed by atoms with Gasteiger partial charge in [-0.15, -0.1) is 0 Å². The van der Waals surface area contributed by atoms with Gasteiger partial charge in [-0.1, -0.05) is 0 Å². The zero-order valence-corrected chi connectivity index (χ0v) is 7.35. The SMILES string of the molecule is N=C(N)NCCCC(N)C(=O)CF. The molecule has 0 rings (SSSR count). The number of nitrogens with two attached hydrogens (primary N) is 2. The van der Waals surface area contributed by atoms with Crippen molar-refractivity contribution in [1.82, 2.24) is 5.32 Å². The van der Waals surface area contributed by atoms with E-state index in [0.29, 0.717) is 19.4 Å². The first-order valence-electron chi connectivity index (χ1n) is 4.00. The van der Waals surface area contributed by atoms with Gasteiger partial charge in [-0.3, -0.25) is 10.2 Å². The topological polar surface area (TPSA) is 105 Å². The second-order valence-electron chi connectivity index (χ2n) is 2.69. The van der Waals surface area contributed by atoms with Gasteiger partial charge in [-0.2, -0.15) is 0 Å². The third-order valence-electron chi connectivity index (χ3n) is 1.55. The summed E-state index contributed by atoms with van der Waals surface area (Å²) in [6.07, 6.45) is 0.996. The first kappa shape index (κ1) is 11.8. The van der Waals surface area contributed by atoms with Crippen molar-refractivity contribution in [3.05, 3.63) is 0 Å². The van der Waals surface area contributed by atoms with Crippen LogP contribution >= 0.6 is 0 Å². The van der Waals surface area contributed by atoms with Gasteiger partial charge in [0.25, 0.3) is 0 Å². The number of ketones is 1. The number of hydrogen-bond acceptors (Lipinski definition) is 3. The molecule has 76 valence electrons. The molecule has 0 radical (unpaired) electrons. The van der Waals surface area contributed by atoms with Crippen molar-refractivity contribution in [3.8, 4) is 0 Å². The van der Waals surface area contributed by atoms with Gasteiger partial charge in [0.15, 0.2) is 11.7 Å². The average Bonchev–Trinajstić information content (AvgIpc) is 2.10. The number of guanidine groups is 1. The Morgan fingerprint density at radius 2 is 2.23 bits per heavy atom. The zero-order valence-electron chi connectivity index (χ0n) is 7.35. The van der Waals surface area contributed by atoms with E-state index in [1.165, 1.54) is 0 Å². The van der Waals surface area contributed by atoms with Crippen molar-refractivity contribution in [2.75, 3.05) is 13.2 Å². The van der Waals surface area contributed by atoms with Gasteiger partial charge in [-0.05, 0) is 12.8 Å². The van der Waals surface area contributed by atoms with Crippen LogP contribution in [0.2, 0.25) is 0 Å². The van der Waals surface area contributed by atoms with Crippen molar-refractivity contribution in [2.45, 2.75) is 18.9 Å². The van der Waals surface area contributed by atoms with E-state index in [2.05, 4.69) is 5.32 Å². The van der Waals surface area contributed by atoms with Crippen LogP contribution in [0.25, 0.3) is 0 Å². The largest absolute Gasteiger partial charge is 0.370 e. The number of carbonyl (C=O) groups is 1. The molecule has 0 aliphatic heterocycles. The highest BCUT2D eigenvalue weighted by atomic mass is 19.1. The number of rotatable bonds is 6. The Morgan fingerprint density at radius 3 is 2.69 bits per heavy atom. The van der Waals surface area contributed by atoms with Gasteiger partial charge in [0, 0.05) is 6.54 Å². The third kappa shape index (κ3) is 6.03. The molecule has 0 amide bonds. The molecular formula is C7H15FN4O. The van der Waals surface area contributed by atoms with E-state index in [1.54, 1.807) is 0 Å². The Labute approximate surface area is 76.2 Å². The molecule has 0 saturated carbocycles. The van der Waals surface area contributed by atoms with Crippen molar-refractivity contribution in [2.24, 2.45) is 11.5 Å². The third-order valence-corrected chi connectivity index (χ3v) is 1.55. The van der Waals surface area contributed by atoms with Crippen LogP contribution in [-0.4, -0.2) is 31.0 Å². The molecule has 6 N–H and O–H groups in total. The molecule has 0 saturated heterocycles. The van der Waals surface area contributed by atoms with Gasteiger partial charge in [0.05, 0.1) is 6.04 Å². The molecule has 13 heavy (non-hydrogen) atoms. The smallest absolute Gasteiger partial charge is 0.185 e. The predicted octanol–water partition coefficient (Wildman–Crippen LogP) is -0.884. The molecular weight excluding hydrogens is 175 g/mol. The lowest BCUT2D eigenvalue weighted by molar-refractivity contribution is -0.121. The summed E-state index contributed by atoms with van der Waals surface area (Å²) in [7, 11) is 0. The summed E-state index contributed by atoms with van der Waals surface area (Å²) < 4.78 is 11.8. The quantitative estimate of drug-likeness (QED) is 0.248. The average molecular weight is 190 g/mol. The van der Waals surface area contributed by atoms with Crippen molar-refractivity contribution in [3.63, 3.8) is 0 Å². The molecule has 0 fully saturated rings. The van der Waals surface area contributed by atoms with Gasteiger partial charge >= 0.3 is 0 Å². The van der Waals surface area contributed by atoms with Crippen LogP contribution in [0.5, 0.6) is 0 Å². The van der Waals surface area contributed by atoms with E-state index in [-0.39, 0.29) is 5.96 Å². The second kappa shape index (κ2) is 6.36. The molecule has 0 aliphatic rings. The minimum atomic E-state index is -1.01. The lowest BCUT2D eigenvalue weighted by atomic mass is 10.1. The normalized spacial score (nSPS) is 12.2. The molecule has 0 spiro atoms. The minimum Gasteiger partial charge on any atom is -0.370 e. The molecule has 0 heterocycles. The first-order valence-corrected chi connectivity index (χ1v) is 4.00. The van der Waals surface area contributed by atoms with Crippen molar-refractivity contribution < 1.29 is 9.18 Å². The van der Waals surface area contributed by atoms with E-state index in [1.807, 2.05) is 0 Å². The van der Waals surface area contributed by atoms with Crippen LogP contribution in [0.15, 0.2) is 0 Å². The van der Waals surface area contributed by atoms with Crippen LogP contribution in [0.1, 0.15) is 12.8 Å². The maximum absolute atomic E-state index is 11.8. The Hall–Kier alpha value is -1.17. The van der Waals surface area contributed by atoms with E-state index in [9.17, 15) is 9.18 Å². The number of Topliss-reactive ketones (excluding diaryl/α,β-unsaturated/α-hetero) is 1. The van der Waals surface area contributed by atoms with Crippen molar-refractivity contribution >= 4 is 11.7 Å². The molecule has 0 aliphatic carbocycles. The fourth-order valence-electron chi connectivity index (χ4n) is 0.805. The number of carbonyl (C=O) groups excluding carboxylic acids is 1. The van der Waals surface area contributed by atoms with E-state index < -0.39 is 18.5 Å². The van der Waals surface area contributed by atoms with Gasteiger partial charge in [0.1, 0.15) is 6.67 Å². The fraction of sp³-hybridized carbons (Fsp3) is 0.714. The van der Waals surface area contributed by atoms with Gasteiger partial charge in [-0.25, -0.2) is 4.39 Å². The molecule has 0 aromatic heterocycles. The Balaban J connectivity index is 3.42. The fourth-order valence-corrected chi connectivity index (χ4v) is 0.805. The summed E-state index contributed by atoms with van der Waals surface area (Å²) in [6.45, 7) is -0.538. The van der Waals surface area contributed by atoms with Gasteiger partial charge < -0.3 is 16.8 Å². The second-order valence-corrected chi connectivity index (χ2v) is 2.69. The van der Waals surface area contributed by atoms with Crippen LogP contribution in [0.3, 0.4) is 0 Å². The molecule has 0 aromatic carbocycles. The summed E-state index contributed by atoms with van der Waals surface area (Å²) in [4.78, 5) is 10.7. The Bertz CT molecular complexity index is 185. The molecule has 1 unspecified atom stereocenters. The van der Waals surface area contributed by atoms with Crippen molar-refractivity contribution in [1.29, 1.82) is 5.41 Å². The molecule has 1 atom stereocenters. The first-order chi connectivity index (χ1) is 6.07. The zero-order chi connectivity index (χ0) is 10.3. The van der Waals surface area contributed by atoms with E-state index in [4.69, 9.17) is 16.9 Å². The van der Waals surface area contributed by atoms with Crippen LogP contribution in [0.4, 0.5) is 4.39 Å². The standard InChI is InChI=1S/C7H15FN4O/c8-4-6(13)5(9)2-1-3-12-7(10)11/h5H,1-4,9H2,(H4,10,11,12). The number of halogens is 1. The summed E-state index contributed by atoms with van der Waals surface area (Å²) in [5, 5.41) is 9.37. The Morgan fingerprint density at radius 1 is 1.62 bits per heavy atom. The molecule has 0 aromatic rings. The van der Waals surface area contributed by atoms with Gasteiger partial charge in [0.2, 0.25) is 0 Å². The van der Waals surface area contributed by atoms with Crippen LogP contribution < -0.4 is 16.8 Å². The summed E-state index contributed by atoms with van der Waals surface area (Å²) in [5.41, 5.74) is 10.4. The number of nitrogens with one attached hydrogen (secondary N) is 2. The van der Waals surface area contributed by atoms with E-state index in [0.717, 1.165) is 0 Å². The summed E-state index contributed by atoms with van der Waals surface area (Å²) in [6, 6.07) is -0.737. The van der Waals surface area contributed by atoms with E-state index >= 15 is 0 Å². The minimum absolute atomic E-state index is 0.120. The maximum Gasteiger partial charge on any atom is 0.185 e. The summed E-state index contributed by atoms with van der Waals surface area (Å²) in [5.74, 6) is -0.701. The maximum atomic E-state index is 11.8.